The fraction of sp³-hybridized carbons (Fsp3) is 0.412. The number of hydrogen-bond donors (Lipinski definition) is 1. The normalized spacial score (nSPS) is 12.8. The Hall–Kier alpha value is -2.50. The Morgan fingerprint density at radius 2 is 1.78 bits per heavy atom. The number of ether oxygens (including phenoxy) is 2. The highest BCUT2D eigenvalue weighted by Crippen LogP contribution is 2.33. The van der Waals surface area contributed by atoms with Crippen LogP contribution in [-0.4, -0.2) is 36.3 Å². The molecular formula is C17H22N4O2. The van der Waals surface area contributed by atoms with Gasteiger partial charge in [0.05, 0.1) is 0 Å². The molecule has 2 heterocycles. The molecule has 0 spiro atoms. The lowest BCUT2D eigenvalue weighted by atomic mass is 10.2. The van der Waals surface area contributed by atoms with Crippen LogP contribution in [0.25, 0.3) is 0 Å². The van der Waals surface area contributed by atoms with E-state index in [-0.39, 0.29) is 0 Å². The van der Waals surface area contributed by atoms with Gasteiger partial charge in [-0.1, -0.05) is 0 Å². The van der Waals surface area contributed by atoms with Crippen molar-refractivity contribution in [3.63, 3.8) is 0 Å². The molecule has 0 atom stereocenters. The molecule has 1 aliphatic rings. The Balaban J connectivity index is 1.85. The Morgan fingerprint density at radius 1 is 1.04 bits per heavy atom. The van der Waals surface area contributed by atoms with E-state index >= 15 is 0 Å². The maximum atomic E-state index is 5.61. The Labute approximate surface area is 136 Å². The highest BCUT2D eigenvalue weighted by molar-refractivity contribution is 5.61. The molecule has 6 nitrogen and oxygen atoms in total. The van der Waals surface area contributed by atoms with Crippen LogP contribution in [0.5, 0.6) is 11.5 Å². The van der Waals surface area contributed by atoms with Gasteiger partial charge in [-0.15, -0.1) is 0 Å². The van der Waals surface area contributed by atoms with Crippen molar-refractivity contribution in [2.45, 2.75) is 20.8 Å². The molecule has 0 bridgehead atoms. The first-order valence-corrected chi connectivity index (χ1v) is 7.97. The zero-order valence-corrected chi connectivity index (χ0v) is 13.8. The van der Waals surface area contributed by atoms with Crippen LogP contribution in [0.1, 0.15) is 19.5 Å². The van der Waals surface area contributed by atoms with Gasteiger partial charge in [0, 0.05) is 36.6 Å². The van der Waals surface area contributed by atoms with Gasteiger partial charge in [0.15, 0.2) is 11.5 Å². The molecule has 0 saturated heterocycles. The second kappa shape index (κ2) is 6.73. The van der Waals surface area contributed by atoms with E-state index in [1.807, 2.05) is 31.2 Å². The molecule has 0 fully saturated rings. The van der Waals surface area contributed by atoms with Crippen molar-refractivity contribution >= 4 is 17.5 Å². The number of aromatic nitrogens is 2. The summed E-state index contributed by atoms with van der Waals surface area (Å²) in [7, 11) is 0. The quantitative estimate of drug-likeness (QED) is 0.915. The van der Waals surface area contributed by atoms with Crippen molar-refractivity contribution in [2.75, 3.05) is 36.5 Å². The van der Waals surface area contributed by atoms with E-state index in [4.69, 9.17) is 9.47 Å². The first-order chi connectivity index (χ1) is 11.2. The lowest BCUT2D eigenvalue weighted by Gasteiger charge is -2.21. The zero-order chi connectivity index (χ0) is 16.2. The van der Waals surface area contributed by atoms with E-state index in [0.717, 1.165) is 41.8 Å². The van der Waals surface area contributed by atoms with Gasteiger partial charge in [0.25, 0.3) is 0 Å². The van der Waals surface area contributed by atoms with Gasteiger partial charge in [0.2, 0.25) is 5.95 Å². The average molecular weight is 314 g/mol. The molecule has 0 radical (unpaired) electrons. The minimum Gasteiger partial charge on any atom is -0.486 e. The molecule has 0 amide bonds. The number of rotatable bonds is 5. The SMILES string of the molecule is CCN(CC)c1cc(C)nc(Nc2ccc3c(c2)OCCO3)n1. The van der Waals surface area contributed by atoms with Crippen molar-refractivity contribution in [3.8, 4) is 11.5 Å². The molecule has 1 aromatic heterocycles. The van der Waals surface area contributed by atoms with Gasteiger partial charge in [-0.2, -0.15) is 4.98 Å². The molecule has 3 rings (SSSR count). The molecule has 2 aromatic rings. The molecule has 122 valence electrons. The molecule has 6 heteroatoms. The van der Waals surface area contributed by atoms with Crippen molar-refractivity contribution in [1.82, 2.24) is 9.97 Å². The number of anilines is 3. The number of nitrogens with zero attached hydrogens (tertiary/aromatic N) is 3. The van der Waals surface area contributed by atoms with Gasteiger partial charge in [-0.05, 0) is 32.9 Å². The number of hydrogen-bond acceptors (Lipinski definition) is 6. The van der Waals surface area contributed by atoms with Gasteiger partial charge in [-0.25, -0.2) is 4.98 Å². The molecule has 23 heavy (non-hydrogen) atoms. The third kappa shape index (κ3) is 3.47. The fourth-order valence-corrected chi connectivity index (χ4v) is 2.57. The summed E-state index contributed by atoms with van der Waals surface area (Å²) in [5.41, 5.74) is 1.81. The van der Waals surface area contributed by atoms with Crippen molar-refractivity contribution in [3.05, 3.63) is 30.0 Å². The summed E-state index contributed by atoms with van der Waals surface area (Å²) in [6, 6.07) is 7.76. The van der Waals surface area contributed by atoms with Gasteiger partial charge in [-0.3, -0.25) is 0 Å². The zero-order valence-electron chi connectivity index (χ0n) is 13.8. The molecule has 1 aromatic carbocycles. The Kier molecular flexibility index (Phi) is 4.50. The largest absolute Gasteiger partial charge is 0.486 e. The van der Waals surface area contributed by atoms with Gasteiger partial charge < -0.3 is 19.7 Å². The summed E-state index contributed by atoms with van der Waals surface area (Å²) in [4.78, 5) is 11.3. The van der Waals surface area contributed by atoms with E-state index in [0.29, 0.717) is 19.2 Å². The maximum Gasteiger partial charge on any atom is 0.229 e. The number of fused-ring (bicyclic) bond motifs is 1. The van der Waals surface area contributed by atoms with Crippen molar-refractivity contribution in [2.24, 2.45) is 0 Å². The minimum absolute atomic E-state index is 0.573. The Bertz CT molecular complexity index is 686. The summed E-state index contributed by atoms with van der Waals surface area (Å²) in [6.45, 7) is 9.21. The molecule has 0 saturated carbocycles. The van der Waals surface area contributed by atoms with E-state index < -0.39 is 0 Å². The Morgan fingerprint density at radius 3 is 2.52 bits per heavy atom. The average Bonchev–Trinajstić information content (AvgIpc) is 2.55. The predicted octanol–water partition coefficient (Wildman–Crippen LogP) is 3.15. The first-order valence-electron chi connectivity index (χ1n) is 7.97. The second-order valence-electron chi connectivity index (χ2n) is 5.35. The maximum absolute atomic E-state index is 5.61. The molecule has 0 unspecified atom stereocenters. The van der Waals surface area contributed by atoms with Crippen molar-refractivity contribution in [1.29, 1.82) is 0 Å². The molecule has 1 aliphatic heterocycles. The van der Waals surface area contributed by atoms with Crippen LogP contribution in [0.4, 0.5) is 17.5 Å². The van der Waals surface area contributed by atoms with Crippen LogP contribution < -0.4 is 19.7 Å². The summed E-state index contributed by atoms with van der Waals surface area (Å²) in [6.07, 6.45) is 0. The third-order valence-corrected chi connectivity index (χ3v) is 3.73. The van der Waals surface area contributed by atoms with Crippen LogP contribution >= 0.6 is 0 Å². The van der Waals surface area contributed by atoms with E-state index in [1.165, 1.54) is 0 Å². The first kappa shape index (κ1) is 15.4. The lowest BCUT2D eigenvalue weighted by molar-refractivity contribution is 0.171. The van der Waals surface area contributed by atoms with E-state index in [2.05, 4.69) is 34.0 Å². The fourth-order valence-electron chi connectivity index (χ4n) is 2.57. The summed E-state index contributed by atoms with van der Waals surface area (Å²) >= 11 is 0. The van der Waals surface area contributed by atoms with Gasteiger partial charge in [0.1, 0.15) is 19.0 Å². The summed E-state index contributed by atoms with van der Waals surface area (Å²) < 4.78 is 11.1. The molecular weight excluding hydrogens is 292 g/mol. The van der Waals surface area contributed by atoms with Gasteiger partial charge >= 0.3 is 0 Å². The van der Waals surface area contributed by atoms with E-state index in [9.17, 15) is 0 Å². The van der Waals surface area contributed by atoms with Crippen LogP contribution in [-0.2, 0) is 0 Å². The monoisotopic (exact) mass is 314 g/mol. The highest BCUT2D eigenvalue weighted by Gasteiger charge is 2.13. The number of benzene rings is 1. The lowest BCUT2D eigenvalue weighted by Crippen LogP contribution is -2.23. The standard InChI is InChI=1S/C17H22N4O2/c1-4-21(5-2)16-10-12(3)18-17(20-16)19-13-6-7-14-15(11-13)23-9-8-22-14/h6-7,10-11H,4-5,8-9H2,1-3H3,(H,18,19,20). The third-order valence-electron chi connectivity index (χ3n) is 3.73. The topological polar surface area (TPSA) is 59.5 Å². The summed E-state index contributed by atoms with van der Waals surface area (Å²) in [5.74, 6) is 3.04. The smallest absolute Gasteiger partial charge is 0.229 e. The van der Waals surface area contributed by atoms with Crippen LogP contribution in [0.15, 0.2) is 24.3 Å². The van der Waals surface area contributed by atoms with Crippen molar-refractivity contribution < 1.29 is 9.47 Å². The van der Waals surface area contributed by atoms with Crippen LogP contribution in [0, 0.1) is 6.92 Å². The van der Waals surface area contributed by atoms with E-state index in [1.54, 1.807) is 0 Å². The van der Waals surface area contributed by atoms with Crippen LogP contribution in [0.3, 0.4) is 0 Å². The summed E-state index contributed by atoms with van der Waals surface area (Å²) in [5, 5.41) is 3.25. The second-order valence-corrected chi connectivity index (χ2v) is 5.35. The molecule has 1 N–H and O–H groups in total. The number of nitrogens with one attached hydrogen (secondary N) is 1. The minimum atomic E-state index is 0.573. The predicted molar refractivity (Wildman–Crippen MR) is 91.0 cm³/mol. The highest BCUT2D eigenvalue weighted by atomic mass is 16.6. The number of aryl methyl sites for hydroxylation is 1. The van der Waals surface area contributed by atoms with Crippen LogP contribution in [0.2, 0.25) is 0 Å². The molecule has 0 aliphatic carbocycles.